The quantitative estimate of drug-likeness (QED) is 0.896. The number of hydrogen-bond donors (Lipinski definition) is 2. The number of hydrogen-bond acceptors (Lipinski definition) is 2. The summed E-state index contributed by atoms with van der Waals surface area (Å²) in [6, 6.07) is 1.50. The van der Waals surface area contributed by atoms with Crippen LogP contribution in [0.15, 0.2) is 12.3 Å². The Morgan fingerprint density at radius 2 is 2.30 bits per heavy atom. The van der Waals surface area contributed by atoms with Crippen LogP contribution in [0.4, 0.5) is 13.2 Å². The summed E-state index contributed by atoms with van der Waals surface area (Å²) in [6.45, 7) is 0.243. The minimum atomic E-state index is -4.17. The van der Waals surface area contributed by atoms with Crippen molar-refractivity contribution in [1.29, 1.82) is 0 Å². The number of aromatic nitrogens is 1. The number of nitrogens with one attached hydrogen (secondary N) is 2. The Morgan fingerprint density at radius 3 is 2.90 bits per heavy atom. The molecule has 20 heavy (non-hydrogen) atoms. The fourth-order valence-electron chi connectivity index (χ4n) is 2.31. The van der Waals surface area contributed by atoms with Gasteiger partial charge in [0.15, 0.2) is 0 Å². The first-order chi connectivity index (χ1) is 9.33. The Bertz CT molecular complexity index is 475. The van der Waals surface area contributed by atoms with Crippen molar-refractivity contribution in [1.82, 2.24) is 15.2 Å². The van der Waals surface area contributed by atoms with Crippen LogP contribution in [0.2, 0.25) is 5.02 Å². The molecule has 1 atom stereocenters. The van der Waals surface area contributed by atoms with Gasteiger partial charge in [-0.15, -0.1) is 0 Å². The van der Waals surface area contributed by atoms with Crippen molar-refractivity contribution in [2.75, 3.05) is 26.2 Å². The van der Waals surface area contributed by atoms with Gasteiger partial charge in [-0.1, -0.05) is 11.6 Å². The molecule has 112 valence electrons. The third kappa shape index (κ3) is 4.42. The molecule has 2 heterocycles. The standard InChI is InChI=1S/C12H15ClF3N3O/c13-9-3-10(17-5-9)11(20)18-4-8-1-2-19(6-8)7-12(14,15)16/h3,5,8,17H,1-2,4,6-7H2,(H,18,20). The summed E-state index contributed by atoms with van der Waals surface area (Å²) < 4.78 is 36.7. The number of alkyl halides is 3. The summed E-state index contributed by atoms with van der Waals surface area (Å²) in [5.74, 6) is -0.252. The second-order valence-corrected chi connectivity index (χ2v) is 5.38. The van der Waals surface area contributed by atoms with Crippen molar-refractivity contribution in [2.24, 2.45) is 5.92 Å². The first-order valence-electron chi connectivity index (χ1n) is 6.25. The molecule has 4 nitrogen and oxygen atoms in total. The van der Waals surface area contributed by atoms with Crippen molar-refractivity contribution in [2.45, 2.75) is 12.6 Å². The number of H-pyrrole nitrogens is 1. The number of halogens is 4. The molecular weight excluding hydrogens is 295 g/mol. The van der Waals surface area contributed by atoms with Crippen molar-refractivity contribution < 1.29 is 18.0 Å². The predicted molar refractivity (Wildman–Crippen MR) is 68.7 cm³/mol. The lowest BCUT2D eigenvalue weighted by Crippen LogP contribution is -2.34. The number of likely N-dealkylation sites (tertiary alicyclic amines) is 1. The van der Waals surface area contributed by atoms with Crippen LogP contribution < -0.4 is 5.32 Å². The molecule has 2 N–H and O–H groups in total. The van der Waals surface area contributed by atoms with E-state index in [4.69, 9.17) is 11.6 Å². The fraction of sp³-hybridized carbons (Fsp3) is 0.583. The van der Waals surface area contributed by atoms with Gasteiger partial charge >= 0.3 is 6.18 Å². The van der Waals surface area contributed by atoms with Crippen LogP contribution in [-0.4, -0.2) is 48.1 Å². The van der Waals surface area contributed by atoms with Crippen molar-refractivity contribution in [3.8, 4) is 0 Å². The maximum atomic E-state index is 12.2. The fourth-order valence-corrected chi connectivity index (χ4v) is 2.47. The van der Waals surface area contributed by atoms with E-state index in [9.17, 15) is 18.0 Å². The summed E-state index contributed by atoms with van der Waals surface area (Å²) in [4.78, 5) is 15.8. The normalized spacial score (nSPS) is 20.3. The van der Waals surface area contributed by atoms with Gasteiger partial charge in [-0.3, -0.25) is 9.69 Å². The molecule has 0 bridgehead atoms. The highest BCUT2D eigenvalue weighted by molar-refractivity contribution is 6.30. The van der Waals surface area contributed by atoms with Crippen LogP contribution >= 0.6 is 11.6 Å². The molecule has 1 unspecified atom stereocenters. The highest BCUT2D eigenvalue weighted by atomic mass is 35.5. The smallest absolute Gasteiger partial charge is 0.356 e. The second kappa shape index (κ2) is 6.05. The first-order valence-corrected chi connectivity index (χ1v) is 6.62. The lowest BCUT2D eigenvalue weighted by atomic mass is 10.1. The molecule has 1 saturated heterocycles. The van der Waals surface area contributed by atoms with Crippen molar-refractivity contribution in [3.05, 3.63) is 23.0 Å². The Labute approximate surface area is 119 Å². The van der Waals surface area contributed by atoms with Gasteiger partial charge in [0.1, 0.15) is 5.69 Å². The molecule has 0 radical (unpaired) electrons. The molecule has 0 saturated carbocycles. The minimum absolute atomic E-state index is 0.0479. The number of rotatable bonds is 4. The number of amides is 1. The van der Waals surface area contributed by atoms with E-state index in [2.05, 4.69) is 10.3 Å². The zero-order valence-electron chi connectivity index (χ0n) is 10.6. The molecular formula is C12H15ClF3N3O. The van der Waals surface area contributed by atoms with Gasteiger partial charge in [-0.25, -0.2) is 0 Å². The average molecular weight is 310 g/mol. The molecule has 0 aromatic carbocycles. The summed E-state index contributed by atoms with van der Waals surface area (Å²) in [5.41, 5.74) is 0.347. The summed E-state index contributed by atoms with van der Waals surface area (Å²) in [5, 5.41) is 3.14. The average Bonchev–Trinajstić information content (AvgIpc) is 2.93. The number of carbonyl (C=O) groups excluding carboxylic acids is 1. The van der Waals surface area contributed by atoms with Crippen molar-refractivity contribution >= 4 is 17.5 Å². The SMILES string of the molecule is O=C(NCC1CCN(CC(F)(F)F)C1)c1cc(Cl)c[nH]1. The van der Waals surface area contributed by atoms with Crippen LogP contribution in [0.5, 0.6) is 0 Å². The Balaban J connectivity index is 1.74. The third-order valence-electron chi connectivity index (χ3n) is 3.22. The molecule has 8 heteroatoms. The number of aromatic amines is 1. The summed E-state index contributed by atoms with van der Waals surface area (Å²) in [6.07, 6.45) is -2.02. The molecule has 0 spiro atoms. The molecule has 1 fully saturated rings. The van der Waals surface area contributed by atoms with Gasteiger partial charge in [0.05, 0.1) is 11.6 Å². The molecule has 1 aliphatic rings. The van der Waals surface area contributed by atoms with E-state index in [-0.39, 0.29) is 11.8 Å². The van der Waals surface area contributed by atoms with Crippen LogP contribution in [0.25, 0.3) is 0 Å². The predicted octanol–water partition coefficient (Wildman–Crippen LogP) is 2.28. The van der Waals surface area contributed by atoms with Crippen LogP contribution in [-0.2, 0) is 0 Å². The molecule has 1 aromatic rings. The van der Waals surface area contributed by atoms with E-state index >= 15 is 0 Å². The highest BCUT2D eigenvalue weighted by Crippen LogP contribution is 2.22. The van der Waals surface area contributed by atoms with Gasteiger partial charge in [-0.05, 0) is 24.9 Å². The first kappa shape index (κ1) is 15.2. The molecule has 1 aromatic heterocycles. The third-order valence-corrected chi connectivity index (χ3v) is 3.43. The van der Waals surface area contributed by atoms with Crippen LogP contribution in [0.1, 0.15) is 16.9 Å². The largest absolute Gasteiger partial charge is 0.401 e. The van der Waals surface area contributed by atoms with Gasteiger partial charge in [-0.2, -0.15) is 13.2 Å². The minimum Gasteiger partial charge on any atom is -0.356 e. The Kier molecular flexibility index (Phi) is 4.59. The van der Waals surface area contributed by atoms with E-state index in [1.165, 1.54) is 17.2 Å². The number of nitrogens with zero attached hydrogens (tertiary/aromatic N) is 1. The van der Waals surface area contributed by atoms with Gasteiger partial charge < -0.3 is 10.3 Å². The maximum absolute atomic E-state index is 12.2. The summed E-state index contributed by atoms with van der Waals surface area (Å²) >= 11 is 5.69. The molecule has 2 rings (SSSR count). The Morgan fingerprint density at radius 1 is 1.55 bits per heavy atom. The van der Waals surface area contributed by atoms with E-state index in [1.807, 2.05) is 0 Å². The van der Waals surface area contributed by atoms with E-state index < -0.39 is 12.7 Å². The lowest BCUT2D eigenvalue weighted by molar-refractivity contribution is -0.143. The molecule has 0 aliphatic carbocycles. The van der Waals surface area contributed by atoms with Gasteiger partial charge in [0, 0.05) is 19.3 Å². The van der Waals surface area contributed by atoms with Gasteiger partial charge in [0.2, 0.25) is 0 Å². The van der Waals surface area contributed by atoms with Crippen LogP contribution in [0, 0.1) is 5.92 Å². The van der Waals surface area contributed by atoms with E-state index in [1.54, 1.807) is 0 Å². The highest BCUT2D eigenvalue weighted by Gasteiger charge is 2.34. The maximum Gasteiger partial charge on any atom is 0.401 e. The van der Waals surface area contributed by atoms with E-state index in [0.717, 1.165) is 0 Å². The second-order valence-electron chi connectivity index (χ2n) is 4.95. The van der Waals surface area contributed by atoms with Gasteiger partial charge in [0.25, 0.3) is 5.91 Å². The zero-order chi connectivity index (χ0) is 14.8. The zero-order valence-corrected chi connectivity index (χ0v) is 11.4. The van der Waals surface area contributed by atoms with Crippen molar-refractivity contribution in [3.63, 3.8) is 0 Å². The monoisotopic (exact) mass is 309 g/mol. The molecule has 1 amide bonds. The van der Waals surface area contributed by atoms with E-state index in [0.29, 0.717) is 36.8 Å². The lowest BCUT2D eigenvalue weighted by Gasteiger charge is -2.17. The summed E-state index contributed by atoms with van der Waals surface area (Å²) in [7, 11) is 0. The van der Waals surface area contributed by atoms with Crippen LogP contribution in [0.3, 0.4) is 0 Å². The topological polar surface area (TPSA) is 48.1 Å². The Hall–Kier alpha value is -1.21. The number of carbonyl (C=O) groups is 1. The molecule has 1 aliphatic heterocycles.